The van der Waals surface area contributed by atoms with Crippen molar-refractivity contribution in [3.05, 3.63) is 0 Å². The van der Waals surface area contributed by atoms with Gasteiger partial charge in [0, 0.05) is 12.6 Å². The zero-order valence-electron chi connectivity index (χ0n) is 8.19. The van der Waals surface area contributed by atoms with Crippen LogP contribution in [-0.4, -0.2) is 35.6 Å². The highest BCUT2D eigenvalue weighted by Gasteiger charge is 2.17. The van der Waals surface area contributed by atoms with Gasteiger partial charge in [-0.1, -0.05) is 0 Å². The van der Waals surface area contributed by atoms with Crippen molar-refractivity contribution in [2.24, 2.45) is 11.5 Å². The van der Waals surface area contributed by atoms with E-state index in [4.69, 9.17) is 16.6 Å². The Balaban J connectivity index is 3.88. The average molecular weight is 203 g/mol. The van der Waals surface area contributed by atoms with Crippen LogP contribution in [0.15, 0.2) is 0 Å². The molecule has 0 saturated carbocycles. The van der Waals surface area contributed by atoms with Crippen LogP contribution in [0.25, 0.3) is 0 Å². The second kappa shape index (κ2) is 6.33. The third-order valence-electron chi connectivity index (χ3n) is 1.71. The molecule has 6 nitrogen and oxygen atoms in total. The van der Waals surface area contributed by atoms with Gasteiger partial charge in [0.25, 0.3) is 0 Å². The van der Waals surface area contributed by atoms with Crippen molar-refractivity contribution >= 4 is 11.8 Å². The molecule has 2 atom stereocenters. The van der Waals surface area contributed by atoms with Crippen LogP contribution in [0.1, 0.15) is 19.8 Å². The minimum atomic E-state index is -0.909. The SMILES string of the molecule is CC(CCO)NC(=O)C(N)CC(N)=O. The van der Waals surface area contributed by atoms with Crippen LogP contribution in [0, 0.1) is 0 Å². The summed E-state index contributed by atoms with van der Waals surface area (Å²) < 4.78 is 0. The van der Waals surface area contributed by atoms with E-state index >= 15 is 0 Å². The number of carbonyl (C=O) groups excluding carboxylic acids is 2. The van der Waals surface area contributed by atoms with Crippen LogP contribution in [0.2, 0.25) is 0 Å². The fourth-order valence-electron chi connectivity index (χ4n) is 0.925. The van der Waals surface area contributed by atoms with Crippen LogP contribution in [-0.2, 0) is 9.59 Å². The summed E-state index contributed by atoms with van der Waals surface area (Å²) in [7, 11) is 0. The van der Waals surface area contributed by atoms with E-state index in [-0.39, 0.29) is 19.1 Å². The molecule has 0 aromatic rings. The van der Waals surface area contributed by atoms with Crippen molar-refractivity contribution < 1.29 is 14.7 Å². The number of hydrogen-bond acceptors (Lipinski definition) is 4. The zero-order valence-corrected chi connectivity index (χ0v) is 8.19. The van der Waals surface area contributed by atoms with E-state index in [1.165, 1.54) is 0 Å². The number of nitrogens with one attached hydrogen (secondary N) is 1. The highest BCUT2D eigenvalue weighted by Crippen LogP contribution is 1.92. The van der Waals surface area contributed by atoms with Gasteiger partial charge in [-0.2, -0.15) is 0 Å². The van der Waals surface area contributed by atoms with Crippen molar-refractivity contribution in [3.63, 3.8) is 0 Å². The predicted octanol–water partition coefficient (Wildman–Crippen LogP) is -1.92. The number of rotatable bonds is 6. The molecule has 82 valence electrons. The number of primary amides is 1. The highest BCUT2D eigenvalue weighted by molar-refractivity contribution is 5.87. The summed E-state index contributed by atoms with van der Waals surface area (Å²) >= 11 is 0. The summed E-state index contributed by atoms with van der Waals surface area (Å²) in [6.07, 6.45) is 0.284. The normalized spacial score (nSPS) is 14.5. The molecule has 0 aromatic carbocycles. The predicted molar refractivity (Wildman–Crippen MR) is 51.1 cm³/mol. The first-order valence-corrected chi connectivity index (χ1v) is 4.42. The first kappa shape index (κ1) is 12.9. The van der Waals surface area contributed by atoms with Gasteiger partial charge in [-0.05, 0) is 13.3 Å². The van der Waals surface area contributed by atoms with Crippen LogP contribution >= 0.6 is 0 Å². The van der Waals surface area contributed by atoms with E-state index in [2.05, 4.69) is 5.32 Å². The van der Waals surface area contributed by atoms with Crippen LogP contribution in [0.5, 0.6) is 0 Å². The fourth-order valence-corrected chi connectivity index (χ4v) is 0.925. The molecule has 0 heterocycles. The fraction of sp³-hybridized carbons (Fsp3) is 0.750. The molecule has 0 aliphatic heterocycles. The highest BCUT2D eigenvalue weighted by atomic mass is 16.3. The molecule has 6 heteroatoms. The topological polar surface area (TPSA) is 118 Å². The lowest BCUT2D eigenvalue weighted by atomic mass is 10.1. The number of aliphatic hydroxyl groups excluding tert-OH is 1. The summed E-state index contributed by atoms with van der Waals surface area (Å²) in [6, 6.07) is -1.07. The zero-order chi connectivity index (χ0) is 11.1. The van der Waals surface area contributed by atoms with Gasteiger partial charge >= 0.3 is 0 Å². The molecule has 0 rings (SSSR count). The molecule has 0 aliphatic carbocycles. The second-order valence-corrected chi connectivity index (χ2v) is 3.20. The Morgan fingerprint density at radius 1 is 1.50 bits per heavy atom. The smallest absolute Gasteiger partial charge is 0.237 e. The molecule has 0 saturated heterocycles. The van der Waals surface area contributed by atoms with Gasteiger partial charge in [-0.3, -0.25) is 9.59 Å². The molecule has 6 N–H and O–H groups in total. The van der Waals surface area contributed by atoms with E-state index in [1.807, 2.05) is 0 Å². The van der Waals surface area contributed by atoms with Crippen molar-refractivity contribution in [2.75, 3.05) is 6.61 Å². The Morgan fingerprint density at radius 2 is 2.07 bits per heavy atom. The lowest BCUT2D eigenvalue weighted by Crippen LogP contribution is -2.46. The van der Waals surface area contributed by atoms with E-state index in [1.54, 1.807) is 6.92 Å². The van der Waals surface area contributed by atoms with E-state index in [0.29, 0.717) is 6.42 Å². The first-order valence-electron chi connectivity index (χ1n) is 4.42. The third kappa shape index (κ3) is 5.50. The van der Waals surface area contributed by atoms with Crippen LogP contribution in [0.4, 0.5) is 0 Å². The summed E-state index contributed by atoms with van der Waals surface area (Å²) in [5.74, 6) is -1.03. The molecule has 0 radical (unpaired) electrons. The first-order chi connectivity index (χ1) is 6.47. The van der Waals surface area contributed by atoms with E-state index in [9.17, 15) is 9.59 Å². The Morgan fingerprint density at radius 3 is 2.50 bits per heavy atom. The average Bonchev–Trinajstić information content (AvgIpc) is 2.02. The molecule has 0 fully saturated rings. The standard InChI is InChI=1S/C8H17N3O3/c1-5(2-3-12)11-8(14)6(9)4-7(10)13/h5-6,12H,2-4,9H2,1H3,(H2,10,13)(H,11,14). The summed E-state index contributed by atoms with van der Waals surface area (Å²) in [5.41, 5.74) is 10.3. The van der Waals surface area contributed by atoms with Crippen molar-refractivity contribution in [1.29, 1.82) is 0 Å². The largest absolute Gasteiger partial charge is 0.396 e. The van der Waals surface area contributed by atoms with Crippen molar-refractivity contribution in [1.82, 2.24) is 5.32 Å². The van der Waals surface area contributed by atoms with Crippen LogP contribution in [0.3, 0.4) is 0 Å². The van der Waals surface area contributed by atoms with Gasteiger partial charge in [0.2, 0.25) is 11.8 Å². The maximum atomic E-state index is 11.2. The van der Waals surface area contributed by atoms with Gasteiger partial charge in [0.05, 0.1) is 12.5 Å². The number of hydrogen-bond donors (Lipinski definition) is 4. The van der Waals surface area contributed by atoms with Gasteiger partial charge in [0.15, 0.2) is 0 Å². The third-order valence-corrected chi connectivity index (χ3v) is 1.71. The summed E-state index contributed by atoms with van der Waals surface area (Å²) in [4.78, 5) is 21.7. The van der Waals surface area contributed by atoms with Crippen molar-refractivity contribution in [2.45, 2.75) is 31.8 Å². The van der Waals surface area contributed by atoms with Gasteiger partial charge in [-0.15, -0.1) is 0 Å². The molecule has 14 heavy (non-hydrogen) atoms. The number of nitrogens with two attached hydrogens (primary N) is 2. The Labute approximate surface area is 82.6 Å². The van der Waals surface area contributed by atoms with Gasteiger partial charge in [0.1, 0.15) is 0 Å². The number of carbonyl (C=O) groups is 2. The molecule has 0 bridgehead atoms. The minimum absolute atomic E-state index is 0.00744. The number of aliphatic hydroxyl groups is 1. The monoisotopic (exact) mass is 203 g/mol. The molecule has 2 amide bonds. The molecule has 0 aromatic heterocycles. The molecular formula is C8H17N3O3. The molecule has 0 spiro atoms. The quantitative estimate of drug-likeness (QED) is 0.402. The van der Waals surface area contributed by atoms with Gasteiger partial charge in [-0.25, -0.2) is 0 Å². The lowest BCUT2D eigenvalue weighted by molar-refractivity contribution is -0.126. The summed E-state index contributed by atoms with van der Waals surface area (Å²) in [6.45, 7) is 1.73. The molecular weight excluding hydrogens is 186 g/mol. The van der Waals surface area contributed by atoms with E-state index < -0.39 is 17.9 Å². The van der Waals surface area contributed by atoms with E-state index in [0.717, 1.165) is 0 Å². The maximum Gasteiger partial charge on any atom is 0.237 e. The van der Waals surface area contributed by atoms with Crippen molar-refractivity contribution in [3.8, 4) is 0 Å². The maximum absolute atomic E-state index is 11.2. The Hall–Kier alpha value is -1.14. The molecule has 0 aliphatic rings. The summed E-state index contributed by atoms with van der Waals surface area (Å²) in [5, 5.41) is 11.1. The molecule has 2 unspecified atom stereocenters. The van der Waals surface area contributed by atoms with Gasteiger partial charge < -0.3 is 21.9 Å². The Bertz CT molecular complexity index is 208. The number of amides is 2. The second-order valence-electron chi connectivity index (χ2n) is 3.20. The lowest BCUT2D eigenvalue weighted by Gasteiger charge is -2.15. The minimum Gasteiger partial charge on any atom is -0.396 e. The Kier molecular flexibility index (Phi) is 5.82. The van der Waals surface area contributed by atoms with Crippen LogP contribution < -0.4 is 16.8 Å².